The molecule has 0 atom stereocenters. The molecule has 0 fully saturated rings. The van der Waals surface area contributed by atoms with Gasteiger partial charge in [-0.3, -0.25) is 9.88 Å². The van der Waals surface area contributed by atoms with Gasteiger partial charge in [0.05, 0.1) is 5.69 Å². The Morgan fingerprint density at radius 3 is 2.42 bits per heavy atom. The summed E-state index contributed by atoms with van der Waals surface area (Å²) in [5.74, 6) is 0.672. The number of aromatic nitrogens is 1. The summed E-state index contributed by atoms with van der Waals surface area (Å²) in [5, 5.41) is 0. The second-order valence-electron chi connectivity index (χ2n) is 5.79. The number of pyridine rings is 1. The Hall–Kier alpha value is -0.970. The molecule has 0 saturated carbocycles. The summed E-state index contributed by atoms with van der Waals surface area (Å²) in [4.78, 5) is 9.18. The molecule has 19 heavy (non-hydrogen) atoms. The van der Waals surface area contributed by atoms with E-state index >= 15 is 0 Å². The lowest BCUT2D eigenvalue weighted by molar-refractivity contribution is 0.209. The maximum atomic E-state index is 5.59. The number of hydrogen-bond donors (Lipinski definition) is 1. The molecule has 0 aliphatic heterocycles. The smallest absolute Gasteiger partial charge is 0.0544 e. The highest BCUT2D eigenvalue weighted by Gasteiger charge is 2.09. The van der Waals surface area contributed by atoms with Crippen LogP contribution in [0.3, 0.4) is 0 Å². The second-order valence-corrected chi connectivity index (χ2v) is 5.79. The third kappa shape index (κ3) is 6.66. The largest absolute Gasteiger partial charge is 0.326 e. The number of nitrogens with zero attached hydrogens (tertiary/aromatic N) is 3. The molecule has 0 unspecified atom stereocenters. The van der Waals surface area contributed by atoms with Crippen molar-refractivity contribution in [3.8, 4) is 0 Å². The zero-order valence-corrected chi connectivity index (χ0v) is 12.8. The van der Waals surface area contributed by atoms with E-state index in [0.29, 0.717) is 12.5 Å². The molecule has 0 saturated heterocycles. The van der Waals surface area contributed by atoms with Crippen LogP contribution in [0, 0.1) is 5.92 Å². The predicted octanol–water partition coefficient (Wildman–Crippen LogP) is 1.56. The fourth-order valence-electron chi connectivity index (χ4n) is 1.99. The van der Waals surface area contributed by atoms with Gasteiger partial charge in [-0.2, -0.15) is 0 Å². The minimum Gasteiger partial charge on any atom is -0.326 e. The first-order valence-electron chi connectivity index (χ1n) is 7.02. The Bertz CT molecular complexity index is 346. The molecule has 0 aliphatic carbocycles. The van der Waals surface area contributed by atoms with Crippen molar-refractivity contribution in [2.75, 3.05) is 33.7 Å². The Kier molecular flexibility index (Phi) is 6.99. The van der Waals surface area contributed by atoms with Crippen molar-refractivity contribution >= 4 is 0 Å². The van der Waals surface area contributed by atoms with Crippen LogP contribution in [0.2, 0.25) is 0 Å². The van der Waals surface area contributed by atoms with Crippen molar-refractivity contribution in [1.82, 2.24) is 14.8 Å². The molecule has 4 nitrogen and oxygen atoms in total. The van der Waals surface area contributed by atoms with E-state index in [9.17, 15) is 0 Å². The van der Waals surface area contributed by atoms with E-state index in [2.05, 4.69) is 54.9 Å². The topological polar surface area (TPSA) is 45.4 Å². The van der Waals surface area contributed by atoms with Gasteiger partial charge in [-0.15, -0.1) is 0 Å². The van der Waals surface area contributed by atoms with Crippen molar-refractivity contribution in [3.05, 3.63) is 29.6 Å². The fourth-order valence-corrected chi connectivity index (χ4v) is 1.99. The van der Waals surface area contributed by atoms with E-state index in [1.807, 2.05) is 6.20 Å². The van der Waals surface area contributed by atoms with Gasteiger partial charge in [0.1, 0.15) is 0 Å². The molecule has 1 heterocycles. The van der Waals surface area contributed by atoms with Crippen molar-refractivity contribution in [1.29, 1.82) is 0 Å². The van der Waals surface area contributed by atoms with Crippen LogP contribution in [0.5, 0.6) is 0 Å². The Morgan fingerprint density at radius 2 is 1.95 bits per heavy atom. The van der Waals surface area contributed by atoms with Crippen LogP contribution < -0.4 is 5.73 Å². The number of rotatable bonds is 8. The van der Waals surface area contributed by atoms with Crippen molar-refractivity contribution < 1.29 is 0 Å². The Morgan fingerprint density at radius 1 is 1.21 bits per heavy atom. The summed E-state index contributed by atoms with van der Waals surface area (Å²) in [6.07, 6.45) is 1.88. The highest BCUT2D eigenvalue weighted by atomic mass is 15.2. The quantitative estimate of drug-likeness (QED) is 0.774. The number of likely N-dealkylation sites (N-methyl/N-ethyl adjacent to an activating group) is 1. The van der Waals surface area contributed by atoms with E-state index in [4.69, 9.17) is 5.73 Å². The molecule has 1 rings (SSSR count). The van der Waals surface area contributed by atoms with Gasteiger partial charge in [-0.25, -0.2) is 0 Å². The maximum absolute atomic E-state index is 5.59. The first-order valence-corrected chi connectivity index (χ1v) is 7.02. The minimum absolute atomic E-state index is 0.559. The van der Waals surface area contributed by atoms with Gasteiger partial charge in [0.2, 0.25) is 0 Å². The van der Waals surface area contributed by atoms with Gasteiger partial charge in [0.25, 0.3) is 0 Å². The summed E-state index contributed by atoms with van der Waals surface area (Å²) < 4.78 is 0. The Balaban J connectivity index is 2.58. The standard InChI is InChI=1S/C15H28N4/c1-13(2)11-19(8-7-18(3)4)12-15-6-5-14(9-16)10-17-15/h5-6,10,13H,7-9,11-12,16H2,1-4H3. The van der Waals surface area contributed by atoms with E-state index in [0.717, 1.165) is 37.4 Å². The first-order chi connectivity index (χ1) is 9.01. The molecule has 0 radical (unpaired) electrons. The molecule has 0 amide bonds. The average Bonchev–Trinajstić information content (AvgIpc) is 2.36. The number of nitrogens with two attached hydrogens (primary N) is 1. The third-order valence-corrected chi connectivity index (χ3v) is 2.99. The van der Waals surface area contributed by atoms with E-state index in [1.54, 1.807) is 0 Å². The van der Waals surface area contributed by atoms with Crippen LogP contribution in [-0.2, 0) is 13.1 Å². The molecule has 4 heteroatoms. The summed E-state index contributed by atoms with van der Waals surface area (Å²) in [6.45, 7) is 9.25. The fraction of sp³-hybridized carbons (Fsp3) is 0.667. The van der Waals surface area contributed by atoms with Crippen molar-refractivity contribution in [3.63, 3.8) is 0 Å². The highest BCUT2D eigenvalue weighted by molar-refractivity contribution is 5.13. The SMILES string of the molecule is CC(C)CN(CCN(C)C)Cc1ccc(CN)cn1. The molecule has 108 valence electrons. The maximum Gasteiger partial charge on any atom is 0.0544 e. The van der Waals surface area contributed by atoms with Gasteiger partial charge >= 0.3 is 0 Å². The van der Waals surface area contributed by atoms with Crippen LogP contribution in [0.4, 0.5) is 0 Å². The van der Waals surface area contributed by atoms with Crippen LogP contribution in [-0.4, -0.2) is 48.5 Å². The number of hydrogen-bond acceptors (Lipinski definition) is 4. The van der Waals surface area contributed by atoms with Crippen molar-refractivity contribution in [2.24, 2.45) is 11.7 Å². The molecule has 1 aromatic heterocycles. The normalized spacial score (nSPS) is 11.8. The molecule has 0 spiro atoms. The minimum atomic E-state index is 0.559. The van der Waals surface area contributed by atoms with E-state index < -0.39 is 0 Å². The molecular weight excluding hydrogens is 236 g/mol. The lowest BCUT2D eigenvalue weighted by Crippen LogP contribution is -2.34. The Labute approximate surface area is 117 Å². The van der Waals surface area contributed by atoms with Crippen LogP contribution in [0.15, 0.2) is 18.3 Å². The van der Waals surface area contributed by atoms with E-state index in [-0.39, 0.29) is 0 Å². The molecule has 2 N–H and O–H groups in total. The zero-order chi connectivity index (χ0) is 14.3. The van der Waals surface area contributed by atoms with Gasteiger partial charge < -0.3 is 10.6 Å². The first kappa shape index (κ1) is 16.1. The van der Waals surface area contributed by atoms with Gasteiger partial charge in [-0.1, -0.05) is 19.9 Å². The zero-order valence-electron chi connectivity index (χ0n) is 12.8. The molecule has 0 aliphatic rings. The molecule has 0 aromatic carbocycles. The molecular formula is C15H28N4. The lowest BCUT2D eigenvalue weighted by atomic mass is 10.2. The summed E-state index contributed by atoms with van der Waals surface area (Å²) >= 11 is 0. The summed E-state index contributed by atoms with van der Waals surface area (Å²) in [5.41, 5.74) is 7.80. The summed E-state index contributed by atoms with van der Waals surface area (Å²) in [6, 6.07) is 4.16. The highest BCUT2D eigenvalue weighted by Crippen LogP contribution is 2.06. The predicted molar refractivity (Wildman–Crippen MR) is 80.8 cm³/mol. The second kappa shape index (κ2) is 8.25. The van der Waals surface area contributed by atoms with Crippen LogP contribution in [0.25, 0.3) is 0 Å². The summed E-state index contributed by atoms with van der Waals surface area (Å²) in [7, 11) is 4.23. The molecule has 1 aromatic rings. The van der Waals surface area contributed by atoms with E-state index in [1.165, 1.54) is 0 Å². The average molecular weight is 264 g/mol. The third-order valence-electron chi connectivity index (χ3n) is 2.99. The van der Waals surface area contributed by atoms with Gasteiger partial charge in [0.15, 0.2) is 0 Å². The van der Waals surface area contributed by atoms with Crippen molar-refractivity contribution in [2.45, 2.75) is 26.9 Å². The van der Waals surface area contributed by atoms with Gasteiger partial charge in [-0.05, 0) is 31.6 Å². The van der Waals surface area contributed by atoms with Gasteiger partial charge in [0, 0.05) is 38.9 Å². The lowest BCUT2D eigenvalue weighted by Gasteiger charge is -2.25. The molecule has 0 bridgehead atoms. The monoisotopic (exact) mass is 264 g/mol. The van der Waals surface area contributed by atoms with Crippen LogP contribution in [0.1, 0.15) is 25.1 Å². The van der Waals surface area contributed by atoms with Crippen LogP contribution >= 0.6 is 0 Å².